The molecule has 0 aliphatic carbocycles. The van der Waals surface area contributed by atoms with Gasteiger partial charge in [0.15, 0.2) is 0 Å². The van der Waals surface area contributed by atoms with Crippen LogP contribution in [0.1, 0.15) is 20.3 Å². The first-order chi connectivity index (χ1) is 10.5. The second kappa shape index (κ2) is 7.43. The van der Waals surface area contributed by atoms with Crippen molar-refractivity contribution in [2.24, 2.45) is 11.7 Å². The predicted molar refractivity (Wildman–Crippen MR) is 68.4 cm³/mol. The molecule has 3 atom stereocenters. The number of ether oxygens (including phenoxy) is 2. The topological polar surface area (TPSA) is 120 Å². The number of alkyl halides is 3. The van der Waals surface area contributed by atoms with Crippen molar-refractivity contribution < 1.29 is 42.2 Å². The minimum Gasteiger partial charge on any atom is -0.426 e. The number of hydrogen-bond acceptors (Lipinski definition) is 8. The van der Waals surface area contributed by atoms with Gasteiger partial charge in [0, 0.05) is 6.42 Å². The number of aliphatic hydroxyl groups is 1. The molecule has 1 aliphatic rings. The predicted octanol–water partition coefficient (Wildman–Crippen LogP) is -0.399. The molecule has 1 saturated heterocycles. The largest absolute Gasteiger partial charge is 0.491 e. The van der Waals surface area contributed by atoms with Crippen LogP contribution in [0.4, 0.5) is 13.2 Å². The summed E-state index contributed by atoms with van der Waals surface area (Å²) in [6.45, 7) is 3.17. The third-order valence-corrected chi connectivity index (χ3v) is 2.92. The van der Waals surface area contributed by atoms with E-state index in [0.29, 0.717) is 0 Å². The van der Waals surface area contributed by atoms with Gasteiger partial charge in [-0.1, -0.05) is 13.8 Å². The number of halogens is 3. The number of carbonyl (C=O) groups is 2. The van der Waals surface area contributed by atoms with Crippen LogP contribution in [0.25, 0.3) is 0 Å². The Hall–Kier alpha value is -1.43. The Morgan fingerprint density at radius 1 is 1.35 bits per heavy atom. The Morgan fingerprint density at radius 3 is 2.39 bits per heavy atom. The molecule has 1 aliphatic heterocycles. The van der Waals surface area contributed by atoms with Crippen molar-refractivity contribution in [1.29, 1.82) is 0 Å². The van der Waals surface area contributed by atoms with Gasteiger partial charge in [-0.2, -0.15) is 13.2 Å². The third-order valence-electron chi connectivity index (χ3n) is 2.92. The van der Waals surface area contributed by atoms with Gasteiger partial charge in [-0.05, 0) is 5.92 Å². The van der Waals surface area contributed by atoms with Gasteiger partial charge >= 0.3 is 18.1 Å². The Morgan fingerprint density at radius 2 is 1.96 bits per heavy atom. The number of nitrogens with one attached hydrogen (secondary N) is 1. The molecule has 1 rings (SSSR count). The molecule has 0 aromatic heterocycles. The molecule has 2 unspecified atom stereocenters. The van der Waals surface area contributed by atoms with Gasteiger partial charge < -0.3 is 19.4 Å². The minimum absolute atomic E-state index is 0.0119. The molecule has 0 radical (unpaired) electrons. The molecule has 11 heteroatoms. The molecule has 23 heavy (non-hydrogen) atoms. The van der Waals surface area contributed by atoms with E-state index in [4.69, 9.17) is 10.5 Å². The minimum atomic E-state index is -5.30. The van der Waals surface area contributed by atoms with Crippen LogP contribution in [0.3, 0.4) is 0 Å². The van der Waals surface area contributed by atoms with Crippen molar-refractivity contribution in [1.82, 2.24) is 5.48 Å². The van der Waals surface area contributed by atoms with Crippen LogP contribution < -0.4 is 11.2 Å². The highest BCUT2D eigenvalue weighted by molar-refractivity contribution is 5.84. The molecular weight excluding hydrogens is 325 g/mol. The summed E-state index contributed by atoms with van der Waals surface area (Å²) in [5, 5.41) is 9.46. The molecule has 0 amide bonds. The zero-order valence-corrected chi connectivity index (χ0v) is 12.6. The molecule has 0 aromatic rings. The maximum absolute atomic E-state index is 12.3. The van der Waals surface area contributed by atoms with Crippen LogP contribution in [0.2, 0.25) is 0 Å². The fourth-order valence-corrected chi connectivity index (χ4v) is 1.87. The van der Waals surface area contributed by atoms with Crippen molar-refractivity contribution in [3.05, 3.63) is 0 Å². The molecule has 0 spiro atoms. The van der Waals surface area contributed by atoms with E-state index in [2.05, 4.69) is 15.1 Å². The van der Waals surface area contributed by atoms with Crippen LogP contribution in [0.5, 0.6) is 0 Å². The summed E-state index contributed by atoms with van der Waals surface area (Å²) in [5.41, 5.74) is 5.04. The standard InChI is InChI=1S/C12H19F3N2O6/c1-6(2)3-11(16,22-10(20)12(13,14)15)9(19)23-17-7-4-21-5-8(7)18/h6-8,17-18H,3-5,16H2,1-2H3/t7?,8?,11-/m1/s1. The quantitative estimate of drug-likeness (QED) is 0.338. The molecule has 134 valence electrons. The first kappa shape index (κ1) is 19.6. The van der Waals surface area contributed by atoms with E-state index in [0.717, 1.165) is 0 Å². The number of esters is 1. The van der Waals surface area contributed by atoms with E-state index in [-0.39, 0.29) is 25.6 Å². The van der Waals surface area contributed by atoms with Gasteiger partial charge in [-0.15, -0.1) is 5.48 Å². The molecule has 4 N–H and O–H groups in total. The number of aliphatic hydroxyl groups excluding tert-OH is 1. The number of hydrogen-bond donors (Lipinski definition) is 3. The lowest BCUT2D eigenvalue weighted by molar-refractivity contribution is -0.222. The van der Waals surface area contributed by atoms with E-state index in [1.807, 2.05) is 0 Å². The zero-order chi connectivity index (χ0) is 17.8. The molecule has 1 heterocycles. The summed E-state index contributed by atoms with van der Waals surface area (Å²) in [4.78, 5) is 27.5. The van der Waals surface area contributed by atoms with Crippen molar-refractivity contribution in [2.75, 3.05) is 13.2 Å². The molecule has 1 fully saturated rings. The second-order valence-electron chi connectivity index (χ2n) is 5.59. The average Bonchev–Trinajstić information content (AvgIpc) is 2.79. The Labute approximate surface area is 130 Å². The molecule has 8 nitrogen and oxygen atoms in total. The fraction of sp³-hybridized carbons (Fsp3) is 0.833. The van der Waals surface area contributed by atoms with Crippen molar-refractivity contribution in [3.8, 4) is 0 Å². The first-order valence-corrected chi connectivity index (χ1v) is 6.77. The van der Waals surface area contributed by atoms with Crippen LogP contribution in [0.15, 0.2) is 0 Å². The summed E-state index contributed by atoms with van der Waals surface area (Å²) in [5.74, 6) is -4.38. The van der Waals surface area contributed by atoms with Crippen LogP contribution >= 0.6 is 0 Å². The van der Waals surface area contributed by atoms with Gasteiger partial charge in [0.05, 0.1) is 25.4 Å². The Bertz CT molecular complexity index is 445. The lowest BCUT2D eigenvalue weighted by atomic mass is 10.0. The van der Waals surface area contributed by atoms with Gasteiger partial charge in [-0.3, -0.25) is 5.73 Å². The fourth-order valence-electron chi connectivity index (χ4n) is 1.87. The van der Waals surface area contributed by atoms with Gasteiger partial charge in [0.1, 0.15) is 0 Å². The Balaban J connectivity index is 2.74. The van der Waals surface area contributed by atoms with E-state index < -0.39 is 36.0 Å². The summed E-state index contributed by atoms with van der Waals surface area (Å²) in [6, 6.07) is -0.763. The second-order valence-corrected chi connectivity index (χ2v) is 5.59. The van der Waals surface area contributed by atoms with E-state index >= 15 is 0 Å². The maximum atomic E-state index is 12.3. The third kappa shape index (κ3) is 5.61. The lowest BCUT2D eigenvalue weighted by Gasteiger charge is -2.29. The van der Waals surface area contributed by atoms with Gasteiger partial charge in [-0.25, -0.2) is 9.59 Å². The monoisotopic (exact) mass is 344 g/mol. The van der Waals surface area contributed by atoms with Crippen molar-refractivity contribution in [2.45, 2.75) is 44.3 Å². The highest BCUT2D eigenvalue weighted by atomic mass is 19.4. The van der Waals surface area contributed by atoms with E-state index in [1.165, 1.54) is 0 Å². The van der Waals surface area contributed by atoms with Crippen molar-refractivity contribution >= 4 is 11.9 Å². The van der Waals surface area contributed by atoms with Crippen molar-refractivity contribution in [3.63, 3.8) is 0 Å². The summed E-state index contributed by atoms with van der Waals surface area (Å²) in [6.07, 6.45) is -6.65. The SMILES string of the molecule is CC(C)C[C@@](N)(OC(=O)C(F)(F)F)C(=O)ONC1COCC1O. The highest BCUT2D eigenvalue weighted by Gasteiger charge is 2.49. The summed E-state index contributed by atoms with van der Waals surface area (Å²) in [7, 11) is 0. The van der Waals surface area contributed by atoms with Crippen LogP contribution in [0, 0.1) is 5.92 Å². The molecule has 0 bridgehead atoms. The lowest BCUT2D eigenvalue weighted by Crippen LogP contribution is -2.57. The number of carbonyl (C=O) groups excluding carboxylic acids is 2. The van der Waals surface area contributed by atoms with E-state index in [1.54, 1.807) is 13.8 Å². The summed E-state index contributed by atoms with van der Waals surface area (Å²) < 4.78 is 46.0. The van der Waals surface area contributed by atoms with Crippen LogP contribution in [-0.4, -0.2) is 54.3 Å². The van der Waals surface area contributed by atoms with Crippen LogP contribution in [-0.2, 0) is 23.9 Å². The molecule has 0 saturated carbocycles. The zero-order valence-electron chi connectivity index (χ0n) is 12.6. The number of rotatable bonds is 6. The molecular formula is C12H19F3N2O6. The number of hydroxylamine groups is 1. The van der Waals surface area contributed by atoms with E-state index in [9.17, 15) is 27.9 Å². The van der Waals surface area contributed by atoms with Gasteiger partial charge in [0.2, 0.25) is 0 Å². The Kier molecular flexibility index (Phi) is 6.33. The average molecular weight is 344 g/mol. The highest BCUT2D eigenvalue weighted by Crippen LogP contribution is 2.24. The normalized spacial score (nSPS) is 24.3. The maximum Gasteiger partial charge on any atom is 0.491 e. The first-order valence-electron chi connectivity index (χ1n) is 6.77. The summed E-state index contributed by atoms with van der Waals surface area (Å²) >= 11 is 0. The number of nitrogens with two attached hydrogens (primary N) is 1. The van der Waals surface area contributed by atoms with Gasteiger partial charge in [0.25, 0.3) is 5.72 Å². The smallest absolute Gasteiger partial charge is 0.426 e. The molecule has 0 aromatic carbocycles.